The number of rotatable bonds is 5. The highest BCUT2D eigenvalue weighted by Crippen LogP contribution is 2.37. The van der Waals surface area contributed by atoms with Gasteiger partial charge in [-0.25, -0.2) is 0 Å². The van der Waals surface area contributed by atoms with Crippen molar-refractivity contribution in [1.82, 2.24) is 4.90 Å². The molecule has 1 atom stereocenters. The number of carbonyl (C=O) groups is 1. The normalized spacial score (nSPS) is 14.6. The molecule has 0 aromatic heterocycles. The van der Waals surface area contributed by atoms with Crippen molar-refractivity contribution in [2.75, 3.05) is 13.1 Å². The molecule has 0 spiro atoms. The Morgan fingerprint density at radius 2 is 1.65 bits per heavy atom. The van der Waals surface area contributed by atoms with E-state index in [0.29, 0.717) is 11.3 Å². The van der Waals surface area contributed by atoms with Gasteiger partial charge in [-0.3, -0.25) is 4.79 Å². The lowest BCUT2D eigenvalue weighted by Crippen LogP contribution is -2.52. The van der Waals surface area contributed by atoms with Gasteiger partial charge in [-0.05, 0) is 12.8 Å². The van der Waals surface area contributed by atoms with Gasteiger partial charge in [0.05, 0.1) is 0 Å². The number of hydrogen-bond donors (Lipinski definition) is 0. The van der Waals surface area contributed by atoms with Crippen molar-refractivity contribution in [1.29, 1.82) is 0 Å². The minimum Gasteiger partial charge on any atom is -0.337 e. The molecule has 0 aromatic carbocycles. The second-order valence-corrected chi connectivity index (χ2v) is 3.93. The molecule has 0 radical (unpaired) electrons. The first-order valence-electron chi connectivity index (χ1n) is 5.31. The van der Waals surface area contributed by atoms with Crippen LogP contribution in [-0.4, -0.2) is 36.0 Å². The Balaban J connectivity index is 4.87. The highest BCUT2D eigenvalue weighted by atomic mass is 19.4. The summed E-state index contributed by atoms with van der Waals surface area (Å²) in [7, 11) is 0. The van der Waals surface area contributed by atoms with E-state index in [1.807, 2.05) is 0 Å². The number of amides is 1. The van der Waals surface area contributed by atoms with E-state index >= 15 is 0 Å². The Labute approximate surface area is 96.8 Å². The fraction of sp³-hybridized carbons (Fsp3) is 0.900. The summed E-state index contributed by atoms with van der Waals surface area (Å²) in [6, 6.07) is 0. The maximum absolute atomic E-state index is 12.8. The zero-order valence-corrected chi connectivity index (χ0v) is 9.94. The first-order valence-corrected chi connectivity index (χ1v) is 5.31. The average molecular weight is 261 g/mol. The van der Waals surface area contributed by atoms with Gasteiger partial charge in [-0.2, -0.15) is 22.0 Å². The van der Waals surface area contributed by atoms with Gasteiger partial charge in [0.25, 0.3) is 0 Å². The van der Waals surface area contributed by atoms with Crippen molar-refractivity contribution < 1.29 is 26.7 Å². The summed E-state index contributed by atoms with van der Waals surface area (Å²) in [6.45, 7) is 4.55. The predicted octanol–water partition coefficient (Wildman–Crippen LogP) is 3.08. The van der Waals surface area contributed by atoms with E-state index in [1.165, 1.54) is 6.92 Å². The number of carbonyl (C=O) groups excluding carboxylic acids is 1. The van der Waals surface area contributed by atoms with Gasteiger partial charge in [-0.1, -0.05) is 20.3 Å². The van der Waals surface area contributed by atoms with Gasteiger partial charge in [0.1, 0.15) is 0 Å². The van der Waals surface area contributed by atoms with Crippen molar-refractivity contribution in [3.05, 3.63) is 0 Å². The van der Waals surface area contributed by atoms with Crippen molar-refractivity contribution in [3.8, 4) is 0 Å². The lowest BCUT2D eigenvalue weighted by atomic mass is 10.1. The molecule has 1 unspecified atom stereocenters. The maximum atomic E-state index is 12.8. The third-order valence-electron chi connectivity index (χ3n) is 2.52. The summed E-state index contributed by atoms with van der Waals surface area (Å²) in [4.78, 5) is 11.7. The molecular weight excluding hydrogens is 245 g/mol. The van der Waals surface area contributed by atoms with Crippen molar-refractivity contribution >= 4 is 5.91 Å². The molecule has 0 aliphatic carbocycles. The van der Waals surface area contributed by atoms with Gasteiger partial charge in [-0.15, -0.1) is 0 Å². The van der Waals surface area contributed by atoms with Gasteiger partial charge in [0, 0.05) is 13.1 Å². The fourth-order valence-electron chi connectivity index (χ4n) is 1.18. The molecule has 0 aliphatic heterocycles. The summed E-state index contributed by atoms with van der Waals surface area (Å²) < 4.78 is 61.6. The van der Waals surface area contributed by atoms with E-state index in [0.717, 1.165) is 0 Å². The maximum Gasteiger partial charge on any atom is 0.463 e. The largest absolute Gasteiger partial charge is 0.463 e. The van der Waals surface area contributed by atoms with Crippen LogP contribution in [0.2, 0.25) is 0 Å². The molecule has 0 aromatic rings. The lowest BCUT2D eigenvalue weighted by molar-refractivity contribution is -0.274. The summed E-state index contributed by atoms with van der Waals surface area (Å²) in [6.07, 6.45) is -5.24. The van der Waals surface area contributed by atoms with Crippen LogP contribution in [0, 0.1) is 5.92 Å². The molecule has 0 bridgehead atoms. The van der Waals surface area contributed by atoms with E-state index in [9.17, 15) is 26.7 Å². The molecule has 0 heterocycles. The molecule has 0 rings (SSSR count). The second-order valence-electron chi connectivity index (χ2n) is 3.93. The molecule has 7 heteroatoms. The van der Waals surface area contributed by atoms with Crippen LogP contribution >= 0.6 is 0 Å². The standard InChI is InChI=1S/C10H16F5NO/c1-4-7(3)6-16(5-2)8(17)9(11,12)10(13,14)15/h7H,4-6H2,1-3H3. The van der Waals surface area contributed by atoms with Crippen molar-refractivity contribution in [3.63, 3.8) is 0 Å². The monoisotopic (exact) mass is 261 g/mol. The quantitative estimate of drug-likeness (QED) is 0.696. The topological polar surface area (TPSA) is 20.3 Å². The molecule has 0 aliphatic rings. The zero-order valence-electron chi connectivity index (χ0n) is 9.94. The number of nitrogens with zero attached hydrogens (tertiary/aromatic N) is 1. The number of halogens is 5. The first kappa shape index (κ1) is 16.1. The molecule has 0 N–H and O–H groups in total. The number of alkyl halides is 5. The molecule has 17 heavy (non-hydrogen) atoms. The van der Waals surface area contributed by atoms with E-state index in [-0.39, 0.29) is 19.0 Å². The van der Waals surface area contributed by atoms with Gasteiger partial charge < -0.3 is 4.90 Å². The smallest absolute Gasteiger partial charge is 0.337 e. The Bertz CT molecular complexity index is 264. The summed E-state index contributed by atoms with van der Waals surface area (Å²) in [5.41, 5.74) is 0. The third-order valence-corrected chi connectivity index (χ3v) is 2.52. The average Bonchev–Trinajstić information content (AvgIpc) is 2.22. The van der Waals surface area contributed by atoms with E-state index in [1.54, 1.807) is 13.8 Å². The SMILES string of the molecule is CCC(C)CN(CC)C(=O)C(F)(F)C(F)(F)F. The van der Waals surface area contributed by atoms with Crippen molar-refractivity contribution in [2.24, 2.45) is 5.92 Å². The van der Waals surface area contributed by atoms with E-state index < -0.39 is 18.0 Å². The summed E-state index contributed by atoms with van der Waals surface area (Å²) in [5, 5.41) is 0. The van der Waals surface area contributed by atoms with Gasteiger partial charge >= 0.3 is 18.0 Å². The summed E-state index contributed by atoms with van der Waals surface area (Å²) >= 11 is 0. The predicted molar refractivity (Wildman–Crippen MR) is 52.7 cm³/mol. The van der Waals surface area contributed by atoms with Crippen molar-refractivity contribution in [2.45, 2.75) is 39.3 Å². The minimum atomic E-state index is -5.84. The molecule has 102 valence electrons. The Kier molecular flexibility index (Phi) is 5.35. The Morgan fingerprint density at radius 3 is 1.94 bits per heavy atom. The van der Waals surface area contributed by atoms with Gasteiger partial charge in [0.2, 0.25) is 0 Å². The highest BCUT2D eigenvalue weighted by Gasteiger charge is 2.64. The Morgan fingerprint density at radius 1 is 1.18 bits per heavy atom. The lowest BCUT2D eigenvalue weighted by Gasteiger charge is -2.28. The van der Waals surface area contributed by atoms with E-state index in [2.05, 4.69) is 0 Å². The van der Waals surface area contributed by atoms with Crippen LogP contribution < -0.4 is 0 Å². The van der Waals surface area contributed by atoms with Crippen LogP contribution in [0.1, 0.15) is 27.2 Å². The van der Waals surface area contributed by atoms with Gasteiger partial charge in [0.15, 0.2) is 0 Å². The molecule has 2 nitrogen and oxygen atoms in total. The fourth-order valence-corrected chi connectivity index (χ4v) is 1.18. The Hall–Kier alpha value is -0.880. The minimum absolute atomic E-state index is 0.0997. The van der Waals surface area contributed by atoms with Crippen LogP contribution in [0.5, 0.6) is 0 Å². The van der Waals surface area contributed by atoms with E-state index in [4.69, 9.17) is 0 Å². The summed E-state index contributed by atoms with van der Waals surface area (Å²) in [5.74, 6) is -7.60. The first-order chi connectivity index (χ1) is 7.57. The second kappa shape index (κ2) is 5.64. The van der Waals surface area contributed by atoms with Crippen LogP contribution in [0.15, 0.2) is 0 Å². The van der Waals surface area contributed by atoms with Crippen LogP contribution in [0.3, 0.4) is 0 Å². The molecular formula is C10H16F5NO. The molecule has 1 amide bonds. The zero-order chi connectivity index (χ0) is 13.9. The van der Waals surface area contributed by atoms with Crippen LogP contribution in [-0.2, 0) is 4.79 Å². The number of hydrogen-bond acceptors (Lipinski definition) is 1. The van der Waals surface area contributed by atoms with Crippen LogP contribution in [0.4, 0.5) is 22.0 Å². The molecule has 0 fully saturated rings. The molecule has 0 saturated carbocycles. The third kappa shape index (κ3) is 3.81. The highest BCUT2D eigenvalue weighted by molar-refractivity contribution is 5.84. The molecule has 0 saturated heterocycles. The van der Waals surface area contributed by atoms with Crippen LogP contribution in [0.25, 0.3) is 0 Å².